The van der Waals surface area contributed by atoms with Crippen LogP contribution >= 0.6 is 0 Å². The summed E-state index contributed by atoms with van der Waals surface area (Å²) in [6.45, 7) is 1.57. The molecule has 0 fully saturated rings. The molecule has 0 unspecified atom stereocenters. The van der Waals surface area contributed by atoms with Crippen LogP contribution in [-0.2, 0) is 26.2 Å². The Bertz CT molecular complexity index is 1160. The van der Waals surface area contributed by atoms with E-state index in [-0.39, 0.29) is 44.2 Å². The molecule has 184 valence electrons. The SMILES string of the molecule is CNC(=O)[C@H](C)N(Cc1ccccc1F)C(=O)CCCN(c1ccc2c(c1)OCO2)S(C)(=O)=O. The number of carbonyl (C=O) groups is 2. The number of hydrogen-bond donors (Lipinski definition) is 1. The van der Waals surface area contributed by atoms with Crippen LogP contribution in [0.2, 0.25) is 0 Å². The van der Waals surface area contributed by atoms with Gasteiger partial charge < -0.3 is 19.7 Å². The van der Waals surface area contributed by atoms with E-state index in [0.717, 1.165) is 6.26 Å². The average Bonchev–Trinajstić information content (AvgIpc) is 3.27. The first-order chi connectivity index (χ1) is 16.1. The van der Waals surface area contributed by atoms with Gasteiger partial charge in [-0.3, -0.25) is 13.9 Å². The second-order valence-electron chi connectivity index (χ2n) is 7.88. The summed E-state index contributed by atoms with van der Waals surface area (Å²) in [5, 5.41) is 2.50. The van der Waals surface area contributed by atoms with Crippen LogP contribution < -0.4 is 19.1 Å². The van der Waals surface area contributed by atoms with Crippen molar-refractivity contribution in [3.05, 3.63) is 53.8 Å². The van der Waals surface area contributed by atoms with E-state index in [9.17, 15) is 22.4 Å². The molecule has 0 spiro atoms. The predicted molar refractivity (Wildman–Crippen MR) is 124 cm³/mol. The molecular weight excluding hydrogens is 465 g/mol. The summed E-state index contributed by atoms with van der Waals surface area (Å²) >= 11 is 0. The first-order valence-corrected chi connectivity index (χ1v) is 12.6. The topological polar surface area (TPSA) is 105 Å². The van der Waals surface area contributed by atoms with Gasteiger partial charge in [-0.15, -0.1) is 0 Å². The molecule has 1 N–H and O–H groups in total. The van der Waals surface area contributed by atoms with E-state index in [1.54, 1.807) is 43.3 Å². The number of fused-ring (bicyclic) bond motifs is 1. The number of likely N-dealkylation sites (N-methyl/N-ethyl adjacent to an activating group) is 1. The van der Waals surface area contributed by atoms with Crippen molar-refractivity contribution in [2.75, 3.05) is 30.9 Å². The zero-order valence-electron chi connectivity index (χ0n) is 19.3. The van der Waals surface area contributed by atoms with Crippen molar-refractivity contribution in [3.8, 4) is 11.5 Å². The van der Waals surface area contributed by atoms with Crippen molar-refractivity contribution in [3.63, 3.8) is 0 Å². The molecule has 1 aliphatic rings. The quantitative estimate of drug-likeness (QED) is 0.544. The van der Waals surface area contributed by atoms with Crippen molar-refractivity contribution in [2.24, 2.45) is 0 Å². The number of ether oxygens (including phenoxy) is 2. The molecule has 3 rings (SSSR count). The Morgan fingerprint density at radius 3 is 2.53 bits per heavy atom. The number of halogens is 1. The maximum absolute atomic E-state index is 14.2. The maximum Gasteiger partial charge on any atom is 0.242 e. The lowest BCUT2D eigenvalue weighted by atomic mass is 10.1. The van der Waals surface area contributed by atoms with E-state index in [2.05, 4.69) is 5.32 Å². The summed E-state index contributed by atoms with van der Waals surface area (Å²) in [5.41, 5.74) is 0.672. The molecule has 0 aliphatic carbocycles. The smallest absolute Gasteiger partial charge is 0.242 e. The second kappa shape index (κ2) is 10.7. The molecular formula is C23H28FN3O6S. The largest absolute Gasteiger partial charge is 0.454 e. The van der Waals surface area contributed by atoms with E-state index >= 15 is 0 Å². The third kappa shape index (κ3) is 5.96. The lowest BCUT2D eigenvalue weighted by Gasteiger charge is -2.29. The zero-order chi connectivity index (χ0) is 24.9. The Morgan fingerprint density at radius 2 is 1.85 bits per heavy atom. The fraction of sp³-hybridized carbons (Fsp3) is 0.391. The summed E-state index contributed by atoms with van der Waals surface area (Å²) in [7, 11) is -2.18. The van der Waals surface area contributed by atoms with Gasteiger partial charge in [0.2, 0.25) is 28.6 Å². The molecule has 1 aliphatic heterocycles. The lowest BCUT2D eigenvalue weighted by Crippen LogP contribution is -2.47. The van der Waals surface area contributed by atoms with Crippen molar-refractivity contribution >= 4 is 27.5 Å². The number of nitrogens with zero attached hydrogens (tertiary/aromatic N) is 2. The Balaban J connectivity index is 1.73. The normalized spacial score (nSPS) is 13.3. The highest BCUT2D eigenvalue weighted by Crippen LogP contribution is 2.36. The number of carbonyl (C=O) groups excluding carboxylic acids is 2. The molecule has 0 radical (unpaired) electrons. The van der Waals surface area contributed by atoms with E-state index in [1.807, 2.05) is 0 Å². The van der Waals surface area contributed by atoms with Gasteiger partial charge in [-0.25, -0.2) is 12.8 Å². The monoisotopic (exact) mass is 493 g/mol. The third-order valence-corrected chi connectivity index (χ3v) is 6.70. The van der Waals surface area contributed by atoms with Gasteiger partial charge in [0.1, 0.15) is 11.9 Å². The number of nitrogens with one attached hydrogen (secondary N) is 1. The fourth-order valence-electron chi connectivity index (χ4n) is 3.65. The van der Waals surface area contributed by atoms with Crippen molar-refractivity contribution in [1.82, 2.24) is 10.2 Å². The van der Waals surface area contributed by atoms with Gasteiger partial charge in [-0.2, -0.15) is 0 Å². The Morgan fingerprint density at radius 1 is 1.15 bits per heavy atom. The first-order valence-electron chi connectivity index (χ1n) is 10.7. The van der Waals surface area contributed by atoms with Gasteiger partial charge in [0.05, 0.1) is 11.9 Å². The number of anilines is 1. The number of benzene rings is 2. The maximum atomic E-state index is 14.2. The predicted octanol–water partition coefficient (Wildman–Crippen LogP) is 2.26. The Labute approximate surface area is 198 Å². The summed E-state index contributed by atoms with van der Waals surface area (Å²) < 4.78 is 50.8. The average molecular weight is 494 g/mol. The summed E-state index contributed by atoms with van der Waals surface area (Å²) in [6.07, 6.45) is 1.23. The second-order valence-corrected chi connectivity index (χ2v) is 9.79. The fourth-order valence-corrected chi connectivity index (χ4v) is 4.60. The Hall–Kier alpha value is -3.34. The minimum absolute atomic E-state index is 0.0338. The molecule has 2 aromatic carbocycles. The van der Waals surface area contributed by atoms with Gasteiger partial charge in [0.25, 0.3) is 0 Å². The van der Waals surface area contributed by atoms with Crippen LogP contribution in [0.3, 0.4) is 0 Å². The van der Waals surface area contributed by atoms with Crippen molar-refractivity contribution < 1.29 is 31.9 Å². The van der Waals surface area contributed by atoms with Crippen LogP contribution in [0.1, 0.15) is 25.3 Å². The standard InChI is InChI=1S/C23H28FN3O6S/c1-16(23(29)25-2)26(14-17-7-4-5-8-19(17)24)22(28)9-6-12-27(34(3,30)31)18-10-11-20-21(13-18)33-15-32-20/h4-5,7-8,10-11,13,16H,6,9,12,14-15H2,1-3H3,(H,25,29)/t16-/m0/s1. The molecule has 0 saturated heterocycles. The van der Waals surface area contributed by atoms with E-state index in [0.29, 0.717) is 17.2 Å². The molecule has 11 heteroatoms. The molecule has 34 heavy (non-hydrogen) atoms. The van der Waals surface area contributed by atoms with Crippen LogP contribution in [0.5, 0.6) is 11.5 Å². The molecule has 1 atom stereocenters. The third-order valence-electron chi connectivity index (χ3n) is 5.51. The molecule has 0 aromatic heterocycles. The highest BCUT2D eigenvalue weighted by molar-refractivity contribution is 7.92. The lowest BCUT2D eigenvalue weighted by molar-refractivity contribution is -0.140. The molecule has 1 heterocycles. The minimum Gasteiger partial charge on any atom is -0.454 e. The van der Waals surface area contributed by atoms with E-state index in [1.165, 1.54) is 22.3 Å². The van der Waals surface area contributed by atoms with Crippen LogP contribution in [0.25, 0.3) is 0 Å². The molecule has 2 aromatic rings. The Kier molecular flexibility index (Phi) is 7.98. The molecule has 2 amide bonds. The van der Waals surface area contributed by atoms with Gasteiger partial charge in [0.15, 0.2) is 11.5 Å². The van der Waals surface area contributed by atoms with Crippen molar-refractivity contribution in [1.29, 1.82) is 0 Å². The first kappa shape index (κ1) is 25.3. The highest BCUT2D eigenvalue weighted by atomic mass is 32.2. The van der Waals surface area contributed by atoms with Crippen LogP contribution in [0.4, 0.5) is 10.1 Å². The van der Waals surface area contributed by atoms with Gasteiger partial charge in [0, 0.05) is 38.2 Å². The minimum atomic E-state index is -3.64. The number of amides is 2. The number of sulfonamides is 1. The molecule has 0 saturated carbocycles. The van der Waals surface area contributed by atoms with Gasteiger partial charge >= 0.3 is 0 Å². The van der Waals surface area contributed by atoms with E-state index in [4.69, 9.17) is 9.47 Å². The van der Waals surface area contributed by atoms with Crippen LogP contribution in [0, 0.1) is 5.82 Å². The summed E-state index contributed by atoms with van der Waals surface area (Å²) in [4.78, 5) is 26.6. The van der Waals surface area contributed by atoms with Gasteiger partial charge in [-0.05, 0) is 31.5 Å². The van der Waals surface area contributed by atoms with Crippen molar-refractivity contribution in [2.45, 2.75) is 32.4 Å². The number of hydrogen-bond acceptors (Lipinski definition) is 6. The molecule has 9 nitrogen and oxygen atoms in total. The highest BCUT2D eigenvalue weighted by Gasteiger charge is 2.27. The zero-order valence-corrected chi connectivity index (χ0v) is 20.1. The summed E-state index contributed by atoms with van der Waals surface area (Å²) in [5.74, 6) is -0.284. The molecule has 0 bridgehead atoms. The van der Waals surface area contributed by atoms with E-state index < -0.39 is 27.8 Å². The number of rotatable bonds is 10. The van der Waals surface area contributed by atoms with Gasteiger partial charge in [-0.1, -0.05) is 18.2 Å². The van der Waals surface area contributed by atoms with Crippen LogP contribution in [0.15, 0.2) is 42.5 Å². The summed E-state index contributed by atoms with van der Waals surface area (Å²) in [6, 6.07) is 10.0. The van der Waals surface area contributed by atoms with Crippen LogP contribution in [-0.4, -0.2) is 57.8 Å².